The Morgan fingerprint density at radius 3 is 2.56 bits per heavy atom. The summed E-state index contributed by atoms with van der Waals surface area (Å²) >= 11 is 6.45. The molecule has 0 bridgehead atoms. The number of amides is 1. The summed E-state index contributed by atoms with van der Waals surface area (Å²) in [7, 11) is 1.40. The molecule has 0 saturated carbocycles. The lowest BCUT2D eigenvalue weighted by molar-refractivity contribution is -0.110. The largest absolute Gasteiger partial charge is 0.504 e. The van der Waals surface area contributed by atoms with Crippen LogP contribution in [0.2, 0.25) is 5.02 Å². The fourth-order valence-corrected chi connectivity index (χ4v) is 4.06. The molecule has 2 aliphatic rings. The smallest absolute Gasteiger partial charge is 0.282 e. The van der Waals surface area contributed by atoms with E-state index in [2.05, 4.69) is 10.5 Å². The Morgan fingerprint density at radius 1 is 1.22 bits per heavy atom. The van der Waals surface area contributed by atoms with Crippen molar-refractivity contribution in [3.63, 3.8) is 0 Å². The first-order valence-corrected chi connectivity index (χ1v) is 9.96. The number of carbonyl (C=O) groups is 1. The van der Waals surface area contributed by atoms with Gasteiger partial charge in [-0.05, 0) is 35.0 Å². The van der Waals surface area contributed by atoms with Crippen LogP contribution in [0, 0.1) is 0 Å². The minimum absolute atomic E-state index is 0.0103. The third-order valence-corrected chi connectivity index (χ3v) is 5.72. The summed E-state index contributed by atoms with van der Waals surface area (Å²) in [6, 6.07) is 11.7. The molecule has 3 aromatic rings. The predicted octanol–water partition coefficient (Wildman–Crippen LogP) is 4.84. The van der Waals surface area contributed by atoms with E-state index in [9.17, 15) is 18.7 Å². The number of nitrogens with one attached hydrogen (secondary N) is 1. The van der Waals surface area contributed by atoms with Crippen LogP contribution in [0.15, 0.2) is 47.0 Å². The number of methoxy groups -OCH3 is 1. The van der Waals surface area contributed by atoms with Gasteiger partial charge in [0.1, 0.15) is 0 Å². The molecular formula is C22H16ClF2N3O4. The monoisotopic (exact) mass is 459 g/mol. The molecular weight excluding hydrogens is 444 g/mol. The summed E-state index contributed by atoms with van der Waals surface area (Å²) in [6.45, 7) is -0.612. The van der Waals surface area contributed by atoms with Crippen molar-refractivity contribution in [2.75, 3.05) is 30.4 Å². The summed E-state index contributed by atoms with van der Waals surface area (Å²) in [4.78, 5) is 14.1. The van der Waals surface area contributed by atoms with Gasteiger partial charge in [-0.25, -0.2) is 8.78 Å². The van der Waals surface area contributed by atoms with Crippen molar-refractivity contribution in [1.82, 2.24) is 5.16 Å². The molecule has 10 heteroatoms. The number of aromatic nitrogens is 1. The van der Waals surface area contributed by atoms with Crippen molar-refractivity contribution in [3.8, 4) is 17.0 Å². The molecule has 0 spiro atoms. The molecule has 1 fully saturated rings. The molecule has 7 nitrogen and oxygen atoms in total. The first-order chi connectivity index (χ1) is 15.3. The Morgan fingerprint density at radius 2 is 1.94 bits per heavy atom. The summed E-state index contributed by atoms with van der Waals surface area (Å²) in [5.74, 6) is -3.43. The molecule has 3 heterocycles. The number of alkyl halides is 2. The maximum atomic E-state index is 13.1. The SMILES string of the molecule is COc1cc(C(O)=C2C(=O)Nc3cc(Cl)c(-c4ccc(N5CC(F)(F)C5)cc4)cc32)on1. The number of halogens is 3. The van der Waals surface area contributed by atoms with Crippen LogP contribution >= 0.6 is 11.6 Å². The fraction of sp³-hybridized carbons (Fsp3) is 0.182. The van der Waals surface area contributed by atoms with E-state index in [-0.39, 0.29) is 36.1 Å². The molecule has 164 valence electrons. The van der Waals surface area contributed by atoms with Crippen molar-refractivity contribution in [2.45, 2.75) is 5.92 Å². The lowest BCUT2D eigenvalue weighted by Crippen LogP contribution is -2.56. The lowest BCUT2D eigenvalue weighted by atomic mass is 9.97. The van der Waals surface area contributed by atoms with Crippen LogP contribution in [0.25, 0.3) is 22.5 Å². The zero-order chi connectivity index (χ0) is 22.6. The highest BCUT2D eigenvalue weighted by Gasteiger charge is 2.43. The molecule has 1 saturated heterocycles. The molecule has 32 heavy (non-hydrogen) atoms. The summed E-state index contributed by atoms with van der Waals surface area (Å²) < 4.78 is 36.3. The number of carbonyl (C=O) groups excluding carboxylic acids is 1. The summed E-state index contributed by atoms with van der Waals surface area (Å²) in [6.07, 6.45) is 0. The van der Waals surface area contributed by atoms with Crippen LogP contribution in [-0.4, -0.2) is 42.3 Å². The Labute approximate surface area is 185 Å². The third kappa shape index (κ3) is 3.34. The second-order valence-electron chi connectivity index (χ2n) is 7.55. The van der Waals surface area contributed by atoms with Crippen LogP contribution in [0.4, 0.5) is 20.2 Å². The molecule has 2 aromatic carbocycles. The number of aliphatic hydroxyl groups excluding tert-OH is 1. The quantitative estimate of drug-likeness (QED) is 0.429. The number of aliphatic hydroxyl groups is 1. The van der Waals surface area contributed by atoms with Gasteiger partial charge in [0, 0.05) is 16.8 Å². The third-order valence-electron chi connectivity index (χ3n) is 5.41. The normalized spacial score (nSPS) is 18.1. The van der Waals surface area contributed by atoms with Crippen LogP contribution in [0.1, 0.15) is 11.3 Å². The molecule has 2 N–H and O–H groups in total. The van der Waals surface area contributed by atoms with Crippen LogP contribution in [0.3, 0.4) is 0 Å². The van der Waals surface area contributed by atoms with Crippen molar-refractivity contribution >= 4 is 40.2 Å². The molecule has 0 radical (unpaired) electrons. The van der Waals surface area contributed by atoms with Crippen LogP contribution in [-0.2, 0) is 4.79 Å². The van der Waals surface area contributed by atoms with Crippen molar-refractivity contribution in [2.24, 2.45) is 0 Å². The van der Waals surface area contributed by atoms with Crippen molar-refractivity contribution in [1.29, 1.82) is 0 Å². The van der Waals surface area contributed by atoms with E-state index in [1.165, 1.54) is 13.2 Å². The van der Waals surface area contributed by atoms with Crippen LogP contribution < -0.4 is 15.0 Å². The molecule has 1 amide bonds. The van der Waals surface area contributed by atoms with Crippen LogP contribution in [0.5, 0.6) is 5.88 Å². The number of nitrogens with zero attached hydrogens (tertiary/aromatic N) is 2. The van der Waals surface area contributed by atoms with Gasteiger partial charge in [-0.1, -0.05) is 23.7 Å². The molecule has 0 atom stereocenters. The number of hydrogen-bond donors (Lipinski definition) is 2. The minimum atomic E-state index is -2.65. The average Bonchev–Trinajstić information content (AvgIpc) is 3.34. The van der Waals surface area contributed by atoms with Crippen molar-refractivity contribution < 1.29 is 27.9 Å². The first-order valence-electron chi connectivity index (χ1n) is 9.58. The van der Waals surface area contributed by atoms with E-state index >= 15 is 0 Å². The second-order valence-corrected chi connectivity index (χ2v) is 7.95. The average molecular weight is 460 g/mol. The first kappa shape index (κ1) is 20.3. The van der Waals surface area contributed by atoms with Gasteiger partial charge in [0.25, 0.3) is 17.7 Å². The van der Waals surface area contributed by atoms with E-state index in [1.54, 1.807) is 41.3 Å². The molecule has 5 rings (SSSR count). The van der Waals surface area contributed by atoms with Gasteiger partial charge < -0.3 is 24.6 Å². The standard InChI is InChI=1S/C22H16ClF2N3O4/c1-31-18-8-17(32-27-18)20(29)19-14-6-13(15(23)7-16(14)26-21(19)30)11-2-4-12(5-3-11)28-9-22(24,25)10-28/h2-8,29H,9-10H2,1H3,(H,26,30). The van der Waals surface area contributed by atoms with Gasteiger partial charge in [-0.2, -0.15) is 0 Å². The summed E-state index contributed by atoms with van der Waals surface area (Å²) in [5, 5.41) is 17.4. The number of hydrogen-bond acceptors (Lipinski definition) is 6. The van der Waals surface area contributed by atoms with Gasteiger partial charge >= 0.3 is 0 Å². The van der Waals surface area contributed by atoms with Crippen molar-refractivity contribution in [3.05, 3.63) is 58.8 Å². The number of fused-ring (bicyclic) bond motifs is 1. The zero-order valence-electron chi connectivity index (χ0n) is 16.7. The Balaban J connectivity index is 1.52. The number of rotatable bonds is 4. The maximum absolute atomic E-state index is 13.1. The highest BCUT2D eigenvalue weighted by atomic mass is 35.5. The Hall–Kier alpha value is -3.59. The predicted molar refractivity (Wildman–Crippen MR) is 115 cm³/mol. The number of benzene rings is 2. The van der Waals surface area contributed by atoms with Gasteiger partial charge in [-0.3, -0.25) is 4.79 Å². The second kappa shape index (κ2) is 7.23. The Bertz CT molecular complexity index is 1260. The zero-order valence-corrected chi connectivity index (χ0v) is 17.4. The van der Waals surface area contributed by atoms with Gasteiger partial charge in [0.2, 0.25) is 5.76 Å². The van der Waals surface area contributed by atoms with Gasteiger partial charge in [0.05, 0.1) is 42.5 Å². The minimum Gasteiger partial charge on any atom is -0.504 e. The van der Waals surface area contributed by atoms with E-state index in [4.69, 9.17) is 20.9 Å². The molecule has 0 unspecified atom stereocenters. The Kier molecular flexibility index (Phi) is 4.59. The topological polar surface area (TPSA) is 87.8 Å². The van der Waals surface area contributed by atoms with Gasteiger partial charge in [-0.15, -0.1) is 0 Å². The highest BCUT2D eigenvalue weighted by molar-refractivity contribution is 6.38. The fourth-order valence-electron chi connectivity index (χ4n) is 3.78. The van der Waals surface area contributed by atoms with E-state index in [1.807, 2.05) is 0 Å². The maximum Gasteiger partial charge on any atom is 0.282 e. The molecule has 2 aliphatic heterocycles. The number of anilines is 2. The van der Waals surface area contributed by atoms with Gasteiger partial charge in [0.15, 0.2) is 5.76 Å². The highest BCUT2D eigenvalue weighted by Crippen LogP contribution is 2.42. The molecule has 1 aromatic heterocycles. The number of ether oxygens (including phenoxy) is 1. The molecule has 0 aliphatic carbocycles. The van der Waals surface area contributed by atoms with E-state index in [0.717, 1.165) is 5.56 Å². The lowest BCUT2D eigenvalue weighted by Gasteiger charge is -2.40. The van der Waals surface area contributed by atoms with E-state index < -0.39 is 11.8 Å². The van der Waals surface area contributed by atoms with E-state index in [0.29, 0.717) is 27.5 Å². The summed E-state index contributed by atoms with van der Waals surface area (Å²) in [5.41, 5.74) is 2.92.